The van der Waals surface area contributed by atoms with Gasteiger partial charge in [-0.25, -0.2) is 23.3 Å². The lowest BCUT2D eigenvalue weighted by Crippen LogP contribution is -2.43. The Balaban J connectivity index is 1.67. The van der Waals surface area contributed by atoms with Gasteiger partial charge in [0.2, 0.25) is 5.91 Å². The third kappa shape index (κ3) is 12.1. The van der Waals surface area contributed by atoms with Crippen molar-refractivity contribution >= 4 is 45.4 Å². The van der Waals surface area contributed by atoms with E-state index in [1.807, 2.05) is 6.92 Å². The molecule has 1 aliphatic rings. The number of phosphoric ester groups is 1. The maximum Gasteiger partial charge on any atom is 0.514 e. The first-order valence-electron chi connectivity index (χ1n) is 15.3. The third-order valence-electron chi connectivity index (χ3n) is 6.74. The van der Waals surface area contributed by atoms with Crippen LogP contribution in [-0.2, 0) is 41.8 Å². The van der Waals surface area contributed by atoms with Gasteiger partial charge in [0.15, 0.2) is 18.4 Å². The van der Waals surface area contributed by atoms with E-state index < -0.39 is 82.6 Å². The summed E-state index contributed by atoms with van der Waals surface area (Å²) in [5.41, 5.74) is -1.07. The molecule has 0 radical (unpaired) electrons. The number of unbranched alkanes of at least 4 members (excludes halogenated alkanes) is 1. The molecule has 4 rings (SSSR count). The number of aliphatic carboxylic acids is 1. The van der Waals surface area contributed by atoms with Crippen molar-refractivity contribution in [3.8, 4) is 11.5 Å². The zero-order chi connectivity index (χ0) is 37.9. The molecule has 2 heterocycles. The molecule has 20 nitrogen and oxygen atoms in total. The molecule has 4 N–H and O–H groups in total. The predicted molar refractivity (Wildman–Crippen MR) is 174 cm³/mol. The first kappa shape index (κ1) is 39.8. The topological polar surface area (TPSA) is 275 Å². The maximum absolute atomic E-state index is 13.3. The molecule has 0 bridgehead atoms. The molecule has 0 spiro atoms. The van der Waals surface area contributed by atoms with Crippen LogP contribution in [0.2, 0.25) is 0 Å². The predicted octanol–water partition coefficient (Wildman–Crippen LogP) is 3.84. The van der Waals surface area contributed by atoms with E-state index in [0.29, 0.717) is 6.42 Å². The number of carbonyl (C=O) groups is 4. The molecular formula is C30H33N3O17P2. The van der Waals surface area contributed by atoms with Crippen LogP contribution in [0.1, 0.15) is 32.4 Å². The SMILES string of the molecule is CCCCC(=O)Nc1ccn([C@@H]2O[C@H](COP(=O)(O)OP(=O)(O)CC(=O)O)C(OC(=O)Oc3ccccc3)C2OC(=O)Oc2ccccc2)c(=O)n1. The van der Waals surface area contributed by atoms with Crippen molar-refractivity contribution in [1.29, 1.82) is 0 Å². The lowest BCUT2D eigenvalue weighted by molar-refractivity contribution is -0.134. The van der Waals surface area contributed by atoms with Crippen LogP contribution in [-0.4, -0.2) is 79.7 Å². The summed E-state index contributed by atoms with van der Waals surface area (Å²) in [5, 5.41) is 11.3. The highest BCUT2D eigenvalue weighted by Gasteiger charge is 2.53. The number of hydrogen-bond acceptors (Lipinski definition) is 15. The van der Waals surface area contributed by atoms with E-state index >= 15 is 0 Å². The van der Waals surface area contributed by atoms with Gasteiger partial charge in [0, 0.05) is 12.6 Å². The first-order valence-corrected chi connectivity index (χ1v) is 18.5. The number of anilines is 1. The monoisotopic (exact) mass is 769 g/mol. The Hall–Kier alpha value is -4.94. The zero-order valence-electron chi connectivity index (χ0n) is 27.1. The molecule has 1 aliphatic heterocycles. The van der Waals surface area contributed by atoms with Crippen LogP contribution in [0.25, 0.3) is 0 Å². The summed E-state index contributed by atoms with van der Waals surface area (Å²) in [6, 6.07) is 16.3. The smallest absolute Gasteiger partial charge is 0.481 e. The van der Waals surface area contributed by atoms with Crippen LogP contribution < -0.4 is 20.5 Å². The van der Waals surface area contributed by atoms with Gasteiger partial charge in [0.1, 0.15) is 29.6 Å². The average molecular weight is 770 g/mol. The van der Waals surface area contributed by atoms with Crippen molar-refractivity contribution in [2.45, 2.75) is 50.7 Å². The van der Waals surface area contributed by atoms with Gasteiger partial charge < -0.3 is 43.9 Å². The van der Waals surface area contributed by atoms with Gasteiger partial charge in [-0.05, 0) is 36.8 Å². The second-order valence-corrected chi connectivity index (χ2v) is 14.2. The Labute approximate surface area is 294 Å². The van der Waals surface area contributed by atoms with E-state index in [2.05, 4.69) is 14.6 Å². The molecule has 6 atom stereocenters. The van der Waals surface area contributed by atoms with Crippen molar-refractivity contribution in [1.82, 2.24) is 9.55 Å². The number of nitrogens with one attached hydrogen (secondary N) is 1. The van der Waals surface area contributed by atoms with Crippen molar-refractivity contribution in [3.63, 3.8) is 0 Å². The van der Waals surface area contributed by atoms with Crippen molar-refractivity contribution < 1.29 is 75.7 Å². The number of amides is 1. The summed E-state index contributed by atoms with van der Waals surface area (Å²) in [4.78, 5) is 86.0. The van der Waals surface area contributed by atoms with E-state index in [-0.39, 0.29) is 23.7 Å². The highest BCUT2D eigenvalue weighted by Crippen LogP contribution is 2.60. The van der Waals surface area contributed by atoms with Crippen LogP contribution in [0, 0.1) is 0 Å². The number of nitrogens with zero attached hydrogens (tertiary/aromatic N) is 2. The molecule has 52 heavy (non-hydrogen) atoms. The molecule has 0 aliphatic carbocycles. The molecule has 280 valence electrons. The molecule has 4 unspecified atom stereocenters. The van der Waals surface area contributed by atoms with E-state index in [1.165, 1.54) is 42.5 Å². The van der Waals surface area contributed by atoms with Crippen LogP contribution in [0.4, 0.5) is 15.4 Å². The summed E-state index contributed by atoms with van der Waals surface area (Å²) in [7, 11) is -10.8. The van der Waals surface area contributed by atoms with Crippen LogP contribution in [0.5, 0.6) is 11.5 Å². The fourth-order valence-electron chi connectivity index (χ4n) is 4.54. The van der Waals surface area contributed by atoms with Crippen LogP contribution in [0.3, 0.4) is 0 Å². The fraction of sp³-hybridized carbons (Fsp3) is 0.333. The Kier molecular flexibility index (Phi) is 13.8. The van der Waals surface area contributed by atoms with Gasteiger partial charge in [-0.15, -0.1) is 0 Å². The number of carbonyl (C=O) groups excluding carboxylic acids is 3. The minimum absolute atomic E-state index is 0.0131. The molecule has 2 aromatic carbocycles. The summed E-state index contributed by atoms with van der Waals surface area (Å²) >= 11 is 0. The van der Waals surface area contributed by atoms with Gasteiger partial charge >= 0.3 is 39.4 Å². The van der Waals surface area contributed by atoms with Crippen molar-refractivity contribution in [2.75, 3.05) is 18.1 Å². The van der Waals surface area contributed by atoms with Gasteiger partial charge in [-0.2, -0.15) is 4.98 Å². The quantitative estimate of drug-likeness (QED) is 0.0915. The largest absolute Gasteiger partial charge is 0.514 e. The van der Waals surface area contributed by atoms with Gasteiger partial charge in [-0.1, -0.05) is 49.7 Å². The second kappa shape index (κ2) is 18.0. The summed E-state index contributed by atoms with van der Waals surface area (Å²) < 4.78 is 61.5. The van der Waals surface area contributed by atoms with Crippen LogP contribution >= 0.6 is 15.4 Å². The first-order chi connectivity index (χ1) is 24.6. The molecule has 3 aromatic rings. The highest BCUT2D eigenvalue weighted by atomic mass is 31.3. The van der Waals surface area contributed by atoms with Gasteiger partial charge in [0.05, 0.1) is 6.61 Å². The van der Waals surface area contributed by atoms with Gasteiger partial charge in [0.25, 0.3) is 0 Å². The lowest BCUT2D eigenvalue weighted by atomic mass is 10.1. The number of ether oxygens (including phenoxy) is 5. The molecule has 22 heteroatoms. The van der Waals surface area contributed by atoms with E-state index in [4.69, 9.17) is 33.3 Å². The number of para-hydroxylation sites is 2. The summed E-state index contributed by atoms with van der Waals surface area (Å²) in [5.74, 6) is -2.33. The Bertz CT molecular complexity index is 1880. The summed E-state index contributed by atoms with van der Waals surface area (Å²) in [6.07, 6.45) is -8.92. The van der Waals surface area contributed by atoms with Crippen molar-refractivity contribution in [2.24, 2.45) is 0 Å². The Morgan fingerprint density at radius 3 is 2.02 bits per heavy atom. The number of rotatable bonds is 16. The normalized spacial score (nSPS) is 20.4. The molecule has 1 aromatic heterocycles. The molecule has 1 saturated heterocycles. The lowest BCUT2D eigenvalue weighted by Gasteiger charge is -2.24. The number of benzene rings is 2. The zero-order valence-corrected chi connectivity index (χ0v) is 28.9. The average Bonchev–Trinajstić information content (AvgIpc) is 3.38. The minimum atomic E-state index is -5.54. The minimum Gasteiger partial charge on any atom is -0.481 e. The standard InChI is InChI=1S/C30H33N3O17P2/c1-2-3-14-23(34)31-22-15-16-33(28(37)32-22)27-26(49-30(39)46-20-12-8-5-9-13-20)25(48-29(38)45-19-10-6-4-7-11-19)21(47-27)17-44-52(42,43)50-51(40,41)18-24(35)36/h4-13,15-16,21,25-27H,2-3,14,17-18H2,1H3,(H,35,36)(H,40,41)(H,42,43)(H,31,32,34,37)/t21-,25?,26?,27-/m1/s1. The summed E-state index contributed by atoms with van der Waals surface area (Å²) in [6.45, 7) is 0.762. The van der Waals surface area contributed by atoms with E-state index in [1.54, 1.807) is 24.3 Å². The van der Waals surface area contributed by atoms with E-state index in [9.17, 15) is 42.9 Å². The molecule has 0 saturated carbocycles. The maximum atomic E-state index is 13.3. The Morgan fingerprint density at radius 1 is 0.904 bits per heavy atom. The van der Waals surface area contributed by atoms with Crippen LogP contribution in [0.15, 0.2) is 77.7 Å². The van der Waals surface area contributed by atoms with Crippen molar-refractivity contribution in [3.05, 3.63) is 83.4 Å². The highest BCUT2D eigenvalue weighted by molar-refractivity contribution is 7.64. The molecular weight excluding hydrogens is 736 g/mol. The van der Waals surface area contributed by atoms with E-state index in [0.717, 1.165) is 17.2 Å². The molecule has 1 fully saturated rings. The van der Waals surface area contributed by atoms with Gasteiger partial charge in [-0.3, -0.25) is 23.2 Å². The second-order valence-electron chi connectivity index (χ2n) is 10.7. The Morgan fingerprint density at radius 2 is 1.48 bits per heavy atom. The number of phosphoric acid groups is 1. The molecule has 1 amide bonds. The number of hydrogen-bond donors (Lipinski definition) is 4. The third-order valence-corrected chi connectivity index (χ3v) is 9.73. The number of carboxylic acid groups (broad SMARTS) is 1. The number of aromatic nitrogens is 2. The number of carboxylic acids is 1. The fourth-order valence-corrected chi connectivity index (χ4v) is 6.93.